The highest BCUT2D eigenvalue weighted by Gasteiger charge is 2.17. The van der Waals surface area contributed by atoms with Crippen molar-refractivity contribution in [2.75, 3.05) is 20.2 Å². The van der Waals surface area contributed by atoms with Gasteiger partial charge in [0.1, 0.15) is 0 Å². The Hall–Kier alpha value is -1.39. The van der Waals surface area contributed by atoms with Crippen LogP contribution in [0, 0.1) is 0 Å². The summed E-state index contributed by atoms with van der Waals surface area (Å²) in [7, 11) is 1.83. The fraction of sp³-hybridized carbons (Fsp3) is 0.417. The maximum atomic E-state index is 10.9. The maximum absolute atomic E-state index is 10.9. The van der Waals surface area contributed by atoms with Gasteiger partial charge in [-0.1, -0.05) is 30.3 Å². The minimum Gasteiger partial charge on any atom is -0.396 e. The predicted octanol–water partition coefficient (Wildman–Crippen LogP) is 0.527. The summed E-state index contributed by atoms with van der Waals surface area (Å²) in [6.07, 6.45) is 0.591. The zero-order valence-electron chi connectivity index (χ0n) is 9.47. The van der Waals surface area contributed by atoms with Gasteiger partial charge in [-0.05, 0) is 19.0 Å². The molecule has 0 aliphatic heterocycles. The number of aliphatic hydroxyl groups excluding tert-OH is 1. The topological polar surface area (TPSA) is 66.6 Å². The van der Waals surface area contributed by atoms with Crippen molar-refractivity contribution in [3.63, 3.8) is 0 Å². The Morgan fingerprint density at radius 3 is 2.56 bits per heavy atom. The molecular formula is C12H18N2O2. The molecule has 0 bridgehead atoms. The number of carbonyl (C=O) groups is 1. The minimum atomic E-state index is -0.360. The third-order valence-electron chi connectivity index (χ3n) is 2.52. The molecule has 0 aliphatic carbocycles. The molecule has 1 rings (SSSR count). The Morgan fingerprint density at radius 1 is 1.44 bits per heavy atom. The van der Waals surface area contributed by atoms with Crippen LogP contribution >= 0.6 is 0 Å². The lowest BCUT2D eigenvalue weighted by molar-refractivity contribution is -0.119. The fourth-order valence-corrected chi connectivity index (χ4v) is 1.80. The molecule has 4 nitrogen and oxygen atoms in total. The summed E-state index contributed by atoms with van der Waals surface area (Å²) in [6.45, 7) is 0.280. The summed E-state index contributed by atoms with van der Waals surface area (Å²) in [6, 6.07) is 9.82. The van der Waals surface area contributed by atoms with Crippen molar-refractivity contribution in [2.45, 2.75) is 12.5 Å². The Balaban J connectivity index is 2.78. The predicted molar refractivity (Wildman–Crippen MR) is 62.7 cm³/mol. The normalized spacial score (nSPS) is 12.7. The average Bonchev–Trinajstić information content (AvgIpc) is 2.26. The molecule has 0 fully saturated rings. The van der Waals surface area contributed by atoms with E-state index >= 15 is 0 Å². The molecule has 0 aromatic heterocycles. The highest BCUT2D eigenvalue weighted by molar-refractivity contribution is 5.75. The largest absolute Gasteiger partial charge is 0.396 e. The van der Waals surface area contributed by atoms with E-state index in [0.29, 0.717) is 6.42 Å². The fourth-order valence-electron chi connectivity index (χ4n) is 1.80. The summed E-state index contributed by atoms with van der Waals surface area (Å²) < 4.78 is 0. The van der Waals surface area contributed by atoms with Gasteiger partial charge in [0, 0.05) is 12.6 Å². The number of aliphatic hydroxyl groups is 1. The first-order valence-electron chi connectivity index (χ1n) is 5.29. The second-order valence-corrected chi connectivity index (χ2v) is 3.82. The van der Waals surface area contributed by atoms with Crippen LogP contribution in [0.1, 0.15) is 18.0 Å². The maximum Gasteiger partial charge on any atom is 0.231 e. The molecule has 0 aliphatic rings. The zero-order valence-corrected chi connectivity index (χ0v) is 9.47. The minimum absolute atomic E-state index is 0.0266. The first-order chi connectivity index (χ1) is 7.65. The molecule has 4 heteroatoms. The molecule has 1 unspecified atom stereocenters. The van der Waals surface area contributed by atoms with Crippen LogP contribution in [-0.4, -0.2) is 36.1 Å². The van der Waals surface area contributed by atoms with Gasteiger partial charge in [0.05, 0.1) is 6.54 Å². The lowest BCUT2D eigenvalue weighted by Gasteiger charge is -2.26. The highest BCUT2D eigenvalue weighted by atomic mass is 16.3. The van der Waals surface area contributed by atoms with Crippen molar-refractivity contribution < 1.29 is 9.90 Å². The van der Waals surface area contributed by atoms with E-state index in [1.165, 1.54) is 0 Å². The monoisotopic (exact) mass is 222 g/mol. The molecule has 0 radical (unpaired) electrons. The molecule has 0 saturated carbocycles. The van der Waals surface area contributed by atoms with Crippen LogP contribution in [0.15, 0.2) is 30.3 Å². The number of nitrogens with zero attached hydrogens (tertiary/aromatic N) is 1. The van der Waals surface area contributed by atoms with E-state index in [1.807, 2.05) is 42.3 Å². The molecule has 3 N–H and O–H groups in total. The van der Waals surface area contributed by atoms with E-state index in [9.17, 15) is 4.79 Å². The molecule has 1 aromatic carbocycles. The second kappa shape index (κ2) is 6.25. The van der Waals surface area contributed by atoms with Crippen molar-refractivity contribution in [3.05, 3.63) is 35.9 Å². The third kappa shape index (κ3) is 3.64. The summed E-state index contributed by atoms with van der Waals surface area (Å²) >= 11 is 0. The lowest BCUT2D eigenvalue weighted by atomic mass is 10.0. The van der Waals surface area contributed by atoms with Crippen molar-refractivity contribution >= 4 is 5.91 Å². The molecule has 0 spiro atoms. The van der Waals surface area contributed by atoms with E-state index in [4.69, 9.17) is 10.8 Å². The van der Waals surface area contributed by atoms with Crippen LogP contribution in [0.5, 0.6) is 0 Å². The van der Waals surface area contributed by atoms with Crippen molar-refractivity contribution in [1.29, 1.82) is 0 Å². The highest BCUT2D eigenvalue weighted by Crippen LogP contribution is 2.21. The van der Waals surface area contributed by atoms with Gasteiger partial charge in [0.25, 0.3) is 0 Å². The molecule has 16 heavy (non-hydrogen) atoms. The van der Waals surface area contributed by atoms with Gasteiger partial charge in [0.15, 0.2) is 0 Å². The lowest BCUT2D eigenvalue weighted by Crippen LogP contribution is -2.34. The van der Waals surface area contributed by atoms with Gasteiger partial charge >= 0.3 is 0 Å². The Kier molecular flexibility index (Phi) is 4.95. The summed E-state index contributed by atoms with van der Waals surface area (Å²) in [5, 5.41) is 9.04. The van der Waals surface area contributed by atoms with Gasteiger partial charge in [-0.25, -0.2) is 0 Å². The van der Waals surface area contributed by atoms with Gasteiger partial charge in [0.2, 0.25) is 5.91 Å². The van der Waals surface area contributed by atoms with Crippen molar-refractivity contribution in [2.24, 2.45) is 5.73 Å². The SMILES string of the molecule is CN(CC(N)=O)C(CCO)c1ccccc1. The van der Waals surface area contributed by atoms with Crippen LogP contribution in [0.25, 0.3) is 0 Å². The van der Waals surface area contributed by atoms with E-state index in [0.717, 1.165) is 5.56 Å². The average molecular weight is 222 g/mol. The molecule has 88 valence electrons. The molecule has 1 amide bonds. The smallest absolute Gasteiger partial charge is 0.231 e. The second-order valence-electron chi connectivity index (χ2n) is 3.82. The first-order valence-corrected chi connectivity index (χ1v) is 5.29. The molecule has 1 aromatic rings. The Labute approximate surface area is 95.7 Å². The number of amides is 1. The number of primary amides is 1. The summed E-state index contributed by atoms with van der Waals surface area (Å²) in [5.74, 6) is -0.360. The van der Waals surface area contributed by atoms with E-state index in [2.05, 4.69) is 0 Å². The molecule has 1 atom stereocenters. The Morgan fingerprint density at radius 2 is 2.06 bits per heavy atom. The number of rotatable bonds is 6. The third-order valence-corrected chi connectivity index (χ3v) is 2.52. The Bertz CT molecular complexity index is 327. The quantitative estimate of drug-likeness (QED) is 0.737. The van der Waals surface area contributed by atoms with Gasteiger partial charge in [-0.2, -0.15) is 0 Å². The zero-order chi connectivity index (χ0) is 12.0. The van der Waals surface area contributed by atoms with Gasteiger partial charge in [-0.3, -0.25) is 9.69 Å². The van der Waals surface area contributed by atoms with E-state index < -0.39 is 0 Å². The van der Waals surface area contributed by atoms with Crippen LogP contribution in [-0.2, 0) is 4.79 Å². The van der Waals surface area contributed by atoms with Crippen LogP contribution in [0.4, 0.5) is 0 Å². The number of likely N-dealkylation sites (N-methyl/N-ethyl adjacent to an activating group) is 1. The summed E-state index contributed by atoms with van der Waals surface area (Å²) in [5.41, 5.74) is 6.25. The van der Waals surface area contributed by atoms with E-state index in [-0.39, 0.29) is 25.1 Å². The molecular weight excluding hydrogens is 204 g/mol. The first kappa shape index (κ1) is 12.7. The van der Waals surface area contributed by atoms with Crippen molar-refractivity contribution in [1.82, 2.24) is 4.90 Å². The van der Waals surface area contributed by atoms with E-state index in [1.54, 1.807) is 0 Å². The molecule has 0 saturated heterocycles. The van der Waals surface area contributed by atoms with Crippen LogP contribution < -0.4 is 5.73 Å². The van der Waals surface area contributed by atoms with Gasteiger partial charge in [-0.15, -0.1) is 0 Å². The summed E-state index contributed by atoms with van der Waals surface area (Å²) in [4.78, 5) is 12.7. The molecule has 0 heterocycles. The number of nitrogens with two attached hydrogens (primary N) is 1. The number of hydrogen-bond donors (Lipinski definition) is 2. The van der Waals surface area contributed by atoms with Gasteiger partial charge < -0.3 is 10.8 Å². The number of carbonyl (C=O) groups excluding carboxylic acids is 1. The number of benzene rings is 1. The number of hydrogen-bond acceptors (Lipinski definition) is 3. The van der Waals surface area contributed by atoms with Crippen LogP contribution in [0.3, 0.4) is 0 Å². The standard InChI is InChI=1S/C12H18N2O2/c1-14(9-12(13)16)11(7-8-15)10-5-3-2-4-6-10/h2-6,11,15H,7-9H2,1H3,(H2,13,16). The van der Waals surface area contributed by atoms with Crippen LogP contribution in [0.2, 0.25) is 0 Å². The van der Waals surface area contributed by atoms with Crippen molar-refractivity contribution in [3.8, 4) is 0 Å².